The van der Waals surface area contributed by atoms with Gasteiger partial charge in [0.25, 0.3) is 5.56 Å². The van der Waals surface area contributed by atoms with Gasteiger partial charge in [0.05, 0.1) is 0 Å². The number of amides is 2. The summed E-state index contributed by atoms with van der Waals surface area (Å²) < 4.78 is 1.47. The number of nitrogens with one attached hydrogen (secondary N) is 1. The molecule has 2 heterocycles. The lowest BCUT2D eigenvalue weighted by atomic mass is 10.0. The van der Waals surface area contributed by atoms with Crippen molar-refractivity contribution in [1.82, 2.24) is 9.88 Å². The first-order chi connectivity index (χ1) is 11.1. The molecule has 1 aromatic carbocycles. The molecule has 1 saturated heterocycles. The highest BCUT2D eigenvalue weighted by Gasteiger charge is 2.29. The predicted molar refractivity (Wildman–Crippen MR) is 87.0 cm³/mol. The number of aryl methyl sites for hydroxylation is 1. The van der Waals surface area contributed by atoms with Gasteiger partial charge >= 0.3 is 0 Å². The first-order valence-electron chi connectivity index (χ1n) is 7.78. The van der Waals surface area contributed by atoms with Crippen LogP contribution in [-0.4, -0.2) is 22.9 Å². The Morgan fingerprint density at radius 2 is 1.91 bits per heavy atom. The van der Waals surface area contributed by atoms with E-state index in [0.29, 0.717) is 18.4 Å². The Morgan fingerprint density at radius 3 is 2.61 bits per heavy atom. The van der Waals surface area contributed by atoms with Crippen LogP contribution < -0.4 is 16.6 Å². The van der Waals surface area contributed by atoms with Crippen molar-refractivity contribution in [2.45, 2.75) is 31.7 Å². The number of hydrogen-bond donors (Lipinski definition) is 2. The van der Waals surface area contributed by atoms with Crippen LogP contribution in [0, 0.1) is 0 Å². The Hall–Kier alpha value is -2.47. The summed E-state index contributed by atoms with van der Waals surface area (Å²) in [6, 6.07) is 6.75. The molecule has 1 aliphatic rings. The third-order valence-electron chi connectivity index (χ3n) is 4.23. The zero-order chi connectivity index (χ0) is 16.4. The Labute approximate surface area is 133 Å². The molecule has 0 spiro atoms. The number of hydrogen-bond acceptors (Lipinski definition) is 4. The smallest absolute Gasteiger partial charge is 0.259 e. The van der Waals surface area contributed by atoms with Gasteiger partial charge in [-0.25, -0.2) is 0 Å². The number of pyridine rings is 1. The van der Waals surface area contributed by atoms with Crippen LogP contribution in [0.3, 0.4) is 0 Å². The van der Waals surface area contributed by atoms with Crippen LogP contribution in [-0.2, 0) is 16.0 Å². The maximum atomic E-state index is 12.8. The molecule has 23 heavy (non-hydrogen) atoms. The Morgan fingerprint density at radius 1 is 1.17 bits per heavy atom. The number of nitrogens with zero attached hydrogens (tertiary/aromatic N) is 1. The number of benzene rings is 1. The van der Waals surface area contributed by atoms with Gasteiger partial charge in [0.1, 0.15) is 6.04 Å². The topological polar surface area (TPSA) is 94.2 Å². The minimum atomic E-state index is -0.638. The molecule has 2 amide bonds. The average molecular weight is 313 g/mol. The predicted octanol–water partition coefficient (Wildman–Crippen LogP) is 0.871. The van der Waals surface area contributed by atoms with Crippen molar-refractivity contribution >= 4 is 22.6 Å². The molecule has 1 unspecified atom stereocenters. The van der Waals surface area contributed by atoms with E-state index in [9.17, 15) is 14.4 Å². The van der Waals surface area contributed by atoms with Crippen molar-refractivity contribution in [1.29, 1.82) is 0 Å². The van der Waals surface area contributed by atoms with Crippen LogP contribution in [0.4, 0.5) is 0 Å². The lowest BCUT2D eigenvalue weighted by Crippen LogP contribution is -2.44. The quantitative estimate of drug-likeness (QED) is 0.819. The Kier molecular flexibility index (Phi) is 4.25. The van der Waals surface area contributed by atoms with Gasteiger partial charge in [0.2, 0.25) is 11.8 Å². The van der Waals surface area contributed by atoms with E-state index in [4.69, 9.17) is 5.73 Å². The standard InChI is InChI=1S/C17H19N3O3/c18-9-3-4-11-10-20(14-7-8-15(21)19-16(14)22)17(23)13-6-2-1-5-12(11)13/h1-2,5-6,10,14H,3-4,7-9,18H2,(H,19,21,22). The number of rotatable bonds is 4. The van der Waals surface area contributed by atoms with Crippen molar-refractivity contribution in [2.24, 2.45) is 5.73 Å². The molecule has 3 rings (SSSR count). The van der Waals surface area contributed by atoms with Crippen LogP contribution >= 0.6 is 0 Å². The van der Waals surface area contributed by atoms with Gasteiger partial charge in [-0.05, 0) is 42.8 Å². The summed E-state index contributed by atoms with van der Waals surface area (Å²) >= 11 is 0. The first-order valence-corrected chi connectivity index (χ1v) is 7.78. The molecule has 2 aromatic rings. The van der Waals surface area contributed by atoms with Gasteiger partial charge in [-0.1, -0.05) is 18.2 Å². The minimum absolute atomic E-state index is 0.202. The molecule has 0 aliphatic carbocycles. The van der Waals surface area contributed by atoms with Crippen LogP contribution in [0.15, 0.2) is 35.3 Å². The highest BCUT2D eigenvalue weighted by Crippen LogP contribution is 2.22. The van der Waals surface area contributed by atoms with E-state index in [1.165, 1.54) is 4.57 Å². The van der Waals surface area contributed by atoms with Crippen LogP contribution in [0.1, 0.15) is 30.9 Å². The fraction of sp³-hybridized carbons (Fsp3) is 0.353. The molecule has 3 N–H and O–H groups in total. The van der Waals surface area contributed by atoms with Crippen LogP contribution in [0.5, 0.6) is 0 Å². The van der Waals surface area contributed by atoms with Gasteiger partial charge in [0, 0.05) is 18.0 Å². The largest absolute Gasteiger partial charge is 0.330 e. The molecule has 1 atom stereocenters. The number of imide groups is 1. The fourth-order valence-corrected chi connectivity index (χ4v) is 3.06. The van der Waals surface area contributed by atoms with Crippen LogP contribution in [0.2, 0.25) is 0 Å². The molecule has 120 valence electrons. The van der Waals surface area contributed by atoms with E-state index in [2.05, 4.69) is 5.32 Å². The number of fused-ring (bicyclic) bond motifs is 1. The SMILES string of the molecule is NCCCc1cn(C2CCC(=O)NC2=O)c(=O)c2ccccc12. The monoisotopic (exact) mass is 313 g/mol. The molecule has 1 aromatic heterocycles. The van der Waals surface area contributed by atoms with E-state index in [0.717, 1.165) is 23.8 Å². The summed E-state index contributed by atoms with van der Waals surface area (Å²) in [6.45, 7) is 0.561. The second-order valence-electron chi connectivity index (χ2n) is 5.77. The van der Waals surface area contributed by atoms with Gasteiger partial charge in [-0.2, -0.15) is 0 Å². The van der Waals surface area contributed by atoms with Crippen molar-refractivity contribution in [3.63, 3.8) is 0 Å². The highest BCUT2D eigenvalue weighted by atomic mass is 16.2. The summed E-state index contributed by atoms with van der Waals surface area (Å²) in [6.07, 6.45) is 3.88. The normalized spacial score (nSPS) is 18.2. The number of piperidine rings is 1. The Balaban J connectivity index is 2.13. The maximum absolute atomic E-state index is 12.8. The molecule has 6 heteroatoms. The summed E-state index contributed by atoms with van der Waals surface area (Å²) in [5.41, 5.74) is 6.39. The summed E-state index contributed by atoms with van der Waals surface area (Å²) in [5.74, 6) is -0.702. The van der Waals surface area contributed by atoms with Crippen molar-refractivity contribution < 1.29 is 9.59 Å². The second-order valence-corrected chi connectivity index (χ2v) is 5.77. The van der Waals surface area contributed by atoms with Crippen molar-refractivity contribution in [2.75, 3.05) is 6.54 Å². The maximum Gasteiger partial charge on any atom is 0.259 e. The number of carbonyl (C=O) groups is 2. The molecule has 6 nitrogen and oxygen atoms in total. The van der Waals surface area contributed by atoms with E-state index in [1.807, 2.05) is 18.2 Å². The molecular formula is C17H19N3O3. The molecule has 0 bridgehead atoms. The average Bonchev–Trinajstić information content (AvgIpc) is 2.55. The zero-order valence-electron chi connectivity index (χ0n) is 12.7. The number of nitrogens with two attached hydrogens (primary N) is 1. The molecule has 0 saturated carbocycles. The highest BCUT2D eigenvalue weighted by molar-refractivity contribution is 5.99. The lowest BCUT2D eigenvalue weighted by molar-refractivity contribution is -0.135. The number of carbonyl (C=O) groups excluding carboxylic acids is 2. The fourth-order valence-electron chi connectivity index (χ4n) is 3.06. The Bertz CT molecular complexity index is 825. The van der Waals surface area contributed by atoms with Crippen molar-refractivity contribution in [3.05, 3.63) is 46.4 Å². The summed E-state index contributed by atoms with van der Waals surface area (Å²) in [4.78, 5) is 36.2. The van der Waals surface area contributed by atoms with Gasteiger partial charge in [-0.15, -0.1) is 0 Å². The van der Waals surface area contributed by atoms with E-state index >= 15 is 0 Å². The minimum Gasteiger partial charge on any atom is -0.330 e. The van der Waals surface area contributed by atoms with Crippen LogP contribution in [0.25, 0.3) is 10.8 Å². The lowest BCUT2D eigenvalue weighted by Gasteiger charge is -2.24. The number of aromatic nitrogens is 1. The second kappa shape index (κ2) is 6.34. The first kappa shape index (κ1) is 15.4. The molecular weight excluding hydrogens is 294 g/mol. The molecule has 1 aliphatic heterocycles. The van der Waals surface area contributed by atoms with Gasteiger partial charge in [-0.3, -0.25) is 19.7 Å². The zero-order valence-corrected chi connectivity index (χ0v) is 12.7. The van der Waals surface area contributed by atoms with Crippen molar-refractivity contribution in [3.8, 4) is 0 Å². The third kappa shape index (κ3) is 2.90. The van der Waals surface area contributed by atoms with Gasteiger partial charge in [0.15, 0.2) is 0 Å². The van der Waals surface area contributed by atoms with E-state index in [1.54, 1.807) is 12.3 Å². The van der Waals surface area contributed by atoms with Gasteiger partial charge < -0.3 is 10.3 Å². The summed E-state index contributed by atoms with van der Waals surface area (Å²) in [7, 11) is 0. The third-order valence-corrected chi connectivity index (χ3v) is 4.23. The van der Waals surface area contributed by atoms with E-state index in [-0.39, 0.29) is 17.9 Å². The van der Waals surface area contributed by atoms with E-state index < -0.39 is 11.9 Å². The summed E-state index contributed by atoms with van der Waals surface area (Å²) in [5, 5.41) is 3.80. The molecule has 0 radical (unpaired) electrons. The molecule has 1 fully saturated rings.